The topological polar surface area (TPSA) is 184 Å². The highest BCUT2D eigenvalue weighted by atomic mass is 16.6. The van der Waals surface area contributed by atoms with E-state index in [4.69, 9.17) is 0 Å². The number of rotatable bonds is 5. The highest BCUT2D eigenvalue weighted by Gasteiger charge is 2.49. The van der Waals surface area contributed by atoms with Crippen molar-refractivity contribution in [2.24, 2.45) is 0 Å². The summed E-state index contributed by atoms with van der Waals surface area (Å²) in [7, 11) is 0. The van der Waals surface area contributed by atoms with Crippen LogP contribution in [0.3, 0.4) is 0 Å². The third-order valence-electron chi connectivity index (χ3n) is 4.56. The van der Waals surface area contributed by atoms with Crippen LogP contribution < -0.4 is 0 Å². The number of Topliss-reactive ketones (excluding diaryl/α,β-unsaturated/α-hetero) is 2. The summed E-state index contributed by atoms with van der Waals surface area (Å²) in [6.07, 6.45) is -0.820. The van der Waals surface area contributed by atoms with Crippen LogP contribution in [0.15, 0.2) is 30.3 Å². The van der Waals surface area contributed by atoms with Gasteiger partial charge in [0.15, 0.2) is 11.4 Å². The summed E-state index contributed by atoms with van der Waals surface area (Å²) in [5.74, 6) is -1.79. The van der Waals surface area contributed by atoms with Crippen molar-refractivity contribution in [1.82, 2.24) is 0 Å². The van der Waals surface area contributed by atoms with E-state index in [-0.39, 0.29) is 11.1 Å². The van der Waals surface area contributed by atoms with Crippen molar-refractivity contribution in [3.8, 4) is 11.1 Å². The summed E-state index contributed by atoms with van der Waals surface area (Å²) in [4.78, 5) is 55.9. The van der Waals surface area contributed by atoms with Crippen molar-refractivity contribution < 1.29 is 29.5 Å². The highest BCUT2D eigenvalue weighted by molar-refractivity contribution is 6.14. The fourth-order valence-electron chi connectivity index (χ4n) is 3.40. The summed E-state index contributed by atoms with van der Waals surface area (Å²) in [5, 5.41) is 44.9. The van der Waals surface area contributed by atoms with E-state index in [9.17, 15) is 45.0 Å². The molecule has 1 N–H and O–H groups in total. The maximum atomic E-state index is 13.0. The molecule has 12 heteroatoms. The largest absolute Gasteiger partial charge is 0.376 e. The van der Waals surface area contributed by atoms with Gasteiger partial charge in [0.05, 0.1) is 26.4 Å². The van der Waals surface area contributed by atoms with Crippen LogP contribution in [-0.4, -0.2) is 31.4 Å². The second kappa shape index (κ2) is 6.53. The maximum Gasteiger partial charge on any atom is 0.284 e. The molecule has 1 aliphatic rings. The van der Waals surface area contributed by atoms with Gasteiger partial charge in [0, 0.05) is 41.3 Å². The Kier molecular flexibility index (Phi) is 4.43. The molecule has 3 rings (SSSR count). The molecule has 0 aromatic heterocycles. The van der Waals surface area contributed by atoms with Crippen LogP contribution in [-0.2, 0) is 10.4 Å². The molecule has 12 nitrogen and oxygen atoms in total. The number of hydrogen-bond acceptors (Lipinski definition) is 9. The molecule has 148 valence electrons. The molecular formula is C17H11N3O9. The molecule has 0 saturated carbocycles. The third kappa shape index (κ3) is 3.00. The molecular weight excluding hydrogens is 390 g/mol. The first-order chi connectivity index (χ1) is 13.5. The SMILES string of the molecule is CC(=O)CC1(O)C(=O)c2cc([N+](=O)[O-])ccc2-c2c([N+](=O)[O-])cc([N+](=O)[O-])cc21. The molecule has 0 fully saturated rings. The Labute approximate surface area is 160 Å². The molecule has 1 aliphatic carbocycles. The number of nitro groups is 3. The number of carbonyl (C=O) groups excluding carboxylic acids is 2. The summed E-state index contributed by atoms with van der Waals surface area (Å²) < 4.78 is 0. The third-order valence-corrected chi connectivity index (χ3v) is 4.56. The van der Waals surface area contributed by atoms with E-state index in [1.807, 2.05) is 0 Å². The molecule has 29 heavy (non-hydrogen) atoms. The first-order valence-electron chi connectivity index (χ1n) is 8.00. The quantitative estimate of drug-likeness (QED) is 0.580. The average Bonchev–Trinajstić information content (AvgIpc) is 2.64. The minimum absolute atomic E-state index is 0.106. The van der Waals surface area contributed by atoms with Gasteiger partial charge in [-0.2, -0.15) is 0 Å². The van der Waals surface area contributed by atoms with E-state index >= 15 is 0 Å². The van der Waals surface area contributed by atoms with Gasteiger partial charge in [0.2, 0.25) is 0 Å². The number of carbonyl (C=O) groups is 2. The molecule has 0 spiro atoms. The summed E-state index contributed by atoms with van der Waals surface area (Å²) in [6, 6.07) is 4.41. The predicted octanol–water partition coefficient (Wildman–Crippen LogP) is 2.44. The van der Waals surface area contributed by atoms with E-state index < -0.39 is 66.5 Å². The maximum absolute atomic E-state index is 13.0. The van der Waals surface area contributed by atoms with Gasteiger partial charge in [-0.25, -0.2) is 0 Å². The van der Waals surface area contributed by atoms with E-state index in [0.717, 1.165) is 31.2 Å². The molecule has 0 aliphatic heterocycles. The van der Waals surface area contributed by atoms with Crippen LogP contribution in [0.1, 0.15) is 29.3 Å². The van der Waals surface area contributed by atoms with E-state index in [1.54, 1.807) is 0 Å². The van der Waals surface area contributed by atoms with Gasteiger partial charge in [-0.1, -0.05) is 0 Å². The molecule has 0 saturated heterocycles. The van der Waals surface area contributed by atoms with Crippen molar-refractivity contribution in [2.75, 3.05) is 0 Å². The first kappa shape index (κ1) is 19.7. The molecule has 0 amide bonds. The van der Waals surface area contributed by atoms with Crippen molar-refractivity contribution in [2.45, 2.75) is 18.9 Å². The van der Waals surface area contributed by atoms with E-state index in [0.29, 0.717) is 6.07 Å². The van der Waals surface area contributed by atoms with Crippen LogP contribution in [0.4, 0.5) is 17.1 Å². The van der Waals surface area contributed by atoms with Gasteiger partial charge in [-0.05, 0) is 13.0 Å². The Bertz CT molecular complexity index is 1140. The molecule has 1 unspecified atom stereocenters. The standard InChI is InChI=1S/C17H11N3O9/c1-8(21)7-17(23)13-5-10(19(26)27)6-14(20(28)29)15(13)11-3-2-9(18(24)25)4-12(11)16(17)22/h2-6,23H,7H2,1H3. The fourth-order valence-corrected chi connectivity index (χ4v) is 3.40. The summed E-state index contributed by atoms with van der Waals surface area (Å²) in [5.41, 5.74) is -5.98. The number of aliphatic hydroxyl groups is 1. The first-order valence-corrected chi connectivity index (χ1v) is 8.00. The fraction of sp³-hybridized carbons (Fsp3) is 0.176. The monoisotopic (exact) mass is 401 g/mol. The van der Waals surface area contributed by atoms with E-state index in [2.05, 4.69) is 0 Å². The van der Waals surface area contributed by atoms with Crippen molar-refractivity contribution in [3.63, 3.8) is 0 Å². The Balaban J connectivity index is 2.49. The number of nitrogens with zero attached hydrogens (tertiary/aromatic N) is 3. The van der Waals surface area contributed by atoms with Crippen molar-refractivity contribution in [3.05, 3.63) is 71.8 Å². The van der Waals surface area contributed by atoms with Crippen LogP contribution in [0.5, 0.6) is 0 Å². The Morgan fingerprint density at radius 1 is 0.966 bits per heavy atom. The Morgan fingerprint density at radius 2 is 1.59 bits per heavy atom. The number of benzene rings is 2. The average molecular weight is 401 g/mol. The molecule has 2 aromatic rings. The predicted molar refractivity (Wildman–Crippen MR) is 95.4 cm³/mol. The van der Waals surface area contributed by atoms with Gasteiger partial charge in [-0.3, -0.25) is 39.9 Å². The zero-order chi connectivity index (χ0) is 21.7. The number of hydrogen-bond donors (Lipinski definition) is 1. The lowest BCUT2D eigenvalue weighted by atomic mass is 9.71. The number of nitro benzene ring substituents is 3. The smallest absolute Gasteiger partial charge is 0.284 e. The summed E-state index contributed by atoms with van der Waals surface area (Å²) >= 11 is 0. The van der Waals surface area contributed by atoms with Crippen LogP contribution >= 0.6 is 0 Å². The number of ketones is 2. The van der Waals surface area contributed by atoms with Gasteiger partial charge in [0.1, 0.15) is 5.78 Å². The lowest BCUT2D eigenvalue weighted by Crippen LogP contribution is -2.41. The number of fused-ring (bicyclic) bond motifs is 3. The number of non-ortho nitro benzene ring substituents is 2. The highest BCUT2D eigenvalue weighted by Crippen LogP contribution is 2.49. The van der Waals surface area contributed by atoms with Gasteiger partial charge in [-0.15, -0.1) is 0 Å². The molecule has 0 radical (unpaired) electrons. The van der Waals surface area contributed by atoms with Gasteiger partial charge in [0.25, 0.3) is 17.1 Å². The van der Waals surface area contributed by atoms with Crippen LogP contribution in [0, 0.1) is 30.3 Å². The lowest BCUT2D eigenvalue weighted by Gasteiger charge is -2.33. The molecule has 1 atom stereocenters. The van der Waals surface area contributed by atoms with Gasteiger partial charge >= 0.3 is 0 Å². The second-order valence-corrected chi connectivity index (χ2v) is 6.46. The molecule has 0 heterocycles. The summed E-state index contributed by atoms with van der Waals surface area (Å²) in [6.45, 7) is 1.06. The lowest BCUT2D eigenvalue weighted by molar-refractivity contribution is -0.393. The normalized spacial score (nSPS) is 17.2. The van der Waals surface area contributed by atoms with Crippen LogP contribution in [0.25, 0.3) is 11.1 Å². The second-order valence-electron chi connectivity index (χ2n) is 6.46. The Hall–Kier alpha value is -4.06. The minimum Gasteiger partial charge on any atom is -0.376 e. The zero-order valence-electron chi connectivity index (χ0n) is 14.6. The van der Waals surface area contributed by atoms with E-state index in [1.165, 1.54) is 0 Å². The van der Waals surface area contributed by atoms with Crippen molar-refractivity contribution in [1.29, 1.82) is 0 Å². The van der Waals surface area contributed by atoms with Crippen molar-refractivity contribution >= 4 is 28.6 Å². The van der Waals surface area contributed by atoms with Crippen LogP contribution in [0.2, 0.25) is 0 Å². The van der Waals surface area contributed by atoms with Gasteiger partial charge < -0.3 is 5.11 Å². The Morgan fingerprint density at radius 3 is 2.10 bits per heavy atom. The molecule has 2 aromatic carbocycles. The zero-order valence-corrected chi connectivity index (χ0v) is 14.6. The molecule has 0 bridgehead atoms. The minimum atomic E-state index is -2.65.